The van der Waals surface area contributed by atoms with E-state index >= 15 is 0 Å². The third-order valence-electron chi connectivity index (χ3n) is 4.84. The van der Waals surface area contributed by atoms with Gasteiger partial charge in [0, 0.05) is 23.8 Å². The van der Waals surface area contributed by atoms with Crippen LogP contribution in [0, 0.1) is 11.7 Å². The van der Waals surface area contributed by atoms with Crippen LogP contribution in [0.4, 0.5) is 10.2 Å². The first-order chi connectivity index (χ1) is 13.1. The van der Waals surface area contributed by atoms with E-state index in [2.05, 4.69) is 21.9 Å². The number of ketones is 1. The van der Waals surface area contributed by atoms with Crippen LogP contribution in [0.3, 0.4) is 0 Å². The van der Waals surface area contributed by atoms with Gasteiger partial charge >= 0.3 is 0 Å². The fourth-order valence-electron chi connectivity index (χ4n) is 3.70. The normalized spacial score (nSPS) is 20.9. The molecule has 5 nitrogen and oxygen atoms in total. The van der Waals surface area contributed by atoms with Gasteiger partial charge in [0.1, 0.15) is 17.4 Å². The Morgan fingerprint density at radius 3 is 2.78 bits per heavy atom. The van der Waals surface area contributed by atoms with Crippen LogP contribution in [0.1, 0.15) is 29.9 Å². The van der Waals surface area contributed by atoms with Crippen LogP contribution in [-0.2, 0) is 4.79 Å². The first-order valence-electron chi connectivity index (χ1n) is 8.71. The van der Waals surface area contributed by atoms with Gasteiger partial charge in [0.05, 0.1) is 11.5 Å². The number of nitrogens with one attached hydrogen (secondary N) is 2. The molecule has 0 radical (unpaired) electrons. The maximum absolute atomic E-state index is 13.4. The highest BCUT2D eigenvalue weighted by atomic mass is 32.2. The van der Waals surface area contributed by atoms with Gasteiger partial charge in [-0.2, -0.15) is 0 Å². The lowest BCUT2D eigenvalue weighted by atomic mass is 9.72. The number of Topliss-reactive ketones (excluding diaryl/α,β-unsaturated/α-hetero) is 1. The molecule has 7 heteroatoms. The van der Waals surface area contributed by atoms with Crippen molar-refractivity contribution in [1.29, 1.82) is 0 Å². The number of H-pyrrole nitrogens is 1. The molecule has 27 heavy (non-hydrogen) atoms. The molecule has 0 fully saturated rings. The van der Waals surface area contributed by atoms with E-state index in [0.717, 1.165) is 11.3 Å². The number of carbonyl (C=O) groups excluding carboxylic acids is 1. The summed E-state index contributed by atoms with van der Waals surface area (Å²) in [4.78, 5) is 32.9. The molecule has 1 aromatic carbocycles. The summed E-state index contributed by atoms with van der Waals surface area (Å²) in [6.07, 6.45) is 4.81. The highest BCUT2D eigenvalue weighted by Gasteiger charge is 2.42. The number of aromatic nitrogens is 2. The van der Waals surface area contributed by atoms with Gasteiger partial charge < -0.3 is 10.3 Å². The van der Waals surface area contributed by atoms with Crippen molar-refractivity contribution >= 4 is 23.4 Å². The second kappa shape index (κ2) is 7.15. The Morgan fingerprint density at radius 1 is 1.26 bits per heavy atom. The van der Waals surface area contributed by atoms with Crippen LogP contribution in [0.15, 0.2) is 58.6 Å². The van der Waals surface area contributed by atoms with Gasteiger partial charge in [-0.15, -0.1) is 6.58 Å². The van der Waals surface area contributed by atoms with Crippen LogP contribution in [0.5, 0.6) is 0 Å². The minimum Gasteiger partial charge on any atom is -0.343 e. The Morgan fingerprint density at radius 2 is 2.04 bits per heavy atom. The van der Waals surface area contributed by atoms with Crippen LogP contribution in [0.2, 0.25) is 0 Å². The first-order valence-corrected chi connectivity index (χ1v) is 9.70. The van der Waals surface area contributed by atoms with E-state index in [1.165, 1.54) is 23.9 Å². The topological polar surface area (TPSA) is 74.8 Å². The number of carbonyl (C=O) groups is 1. The molecule has 1 aromatic heterocycles. The summed E-state index contributed by atoms with van der Waals surface area (Å²) < 4.78 is 13.4. The smallest absolute Gasteiger partial charge is 0.257 e. The van der Waals surface area contributed by atoms with Crippen molar-refractivity contribution < 1.29 is 9.18 Å². The largest absolute Gasteiger partial charge is 0.343 e. The number of hydrogen-bond acceptors (Lipinski definition) is 5. The number of halogens is 1. The predicted octanol–water partition coefficient (Wildman–Crippen LogP) is 3.61. The van der Waals surface area contributed by atoms with E-state index in [9.17, 15) is 14.0 Å². The number of allylic oxidation sites excluding steroid dienone is 2. The van der Waals surface area contributed by atoms with E-state index < -0.39 is 11.8 Å². The molecule has 1 aliphatic carbocycles. The van der Waals surface area contributed by atoms with E-state index in [0.29, 0.717) is 35.1 Å². The Bertz CT molecular complexity index is 997. The molecule has 2 atom stereocenters. The van der Waals surface area contributed by atoms with Gasteiger partial charge in [-0.1, -0.05) is 36.0 Å². The molecule has 0 unspecified atom stereocenters. The molecule has 1 aliphatic heterocycles. The Hall–Kier alpha value is -2.67. The zero-order chi connectivity index (χ0) is 19.0. The number of aromatic amines is 1. The summed E-state index contributed by atoms with van der Waals surface area (Å²) in [5.74, 6) is -0.183. The molecule has 2 aromatic rings. The summed E-state index contributed by atoms with van der Waals surface area (Å²) in [7, 11) is 0. The van der Waals surface area contributed by atoms with Crippen molar-refractivity contribution in [2.24, 2.45) is 5.92 Å². The Labute approximate surface area is 159 Å². The monoisotopic (exact) mass is 383 g/mol. The molecule has 2 heterocycles. The fraction of sp³-hybridized carbons (Fsp3) is 0.250. The van der Waals surface area contributed by atoms with Crippen molar-refractivity contribution in [3.63, 3.8) is 0 Å². The maximum atomic E-state index is 13.4. The van der Waals surface area contributed by atoms with E-state index in [1.807, 2.05) is 6.08 Å². The highest BCUT2D eigenvalue weighted by Crippen LogP contribution is 2.44. The summed E-state index contributed by atoms with van der Waals surface area (Å²) in [6, 6.07) is 5.97. The maximum Gasteiger partial charge on any atom is 0.257 e. The second-order valence-electron chi connectivity index (χ2n) is 6.53. The number of thioether (sulfide) groups is 1. The van der Waals surface area contributed by atoms with Crippen LogP contribution < -0.4 is 10.9 Å². The Kier molecular flexibility index (Phi) is 4.70. The predicted molar refractivity (Wildman–Crippen MR) is 103 cm³/mol. The first kappa shape index (κ1) is 17.7. The van der Waals surface area contributed by atoms with Crippen molar-refractivity contribution in [3.05, 3.63) is 76.0 Å². The third kappa shape index (κ3) is 3.23. The number of anilines is 1. The third-order valence-corrected chi connectivity index (χ3v) is 5.71. The molecular formula is C20H18FN3O2S. The van der Waals surface area contributed by atoms with E-state index in [1.54, 1.807) is 18.2 Å². The van der Waals surface area contributed by atoms with Crippen molar-refractivity contribution in [1.82, 2.24) is 9.97 Å². The van der Waals surface area contributed by atoms with Crippen LogP contribution in [0.25, 0.3) is 0 Å². The molecule has 0 spiro atoms. The Balaban J connectivity index is 1.89. The number of benzene rings is 1. The zero-order valence-electron chi connectivity index (χ0n) is 14.5. The van der Waals surface area contributed by atoms with Crippen molar-refractivity contribution in [2.75, 3.05) is 11.1 Å². The lowest BCUT2D eigenvalue weighted by Gasteiger charge is -2.36. The molecule has 0 saturated carbocycles. The second-order valence-corrected chi connectivity index (χ2v) is 7.54. The summed E-state index contributed by atoms with van der Waals surface area (Å²) in [5, 5.41) is 3.68. The fourth-order valence-corrected chi connectivity index (χ4v) is 4.30. The molecular weight excluding hydrogens is 365 g/mol. The summed E-state index contributed by atoms with van der Waals surface area (Å²) in [6.45, 7) is 3.67. The molecule has 0 bridgehead atoms. The van der Waals surface area contributed by atoms with Crippen molar-refractivity contribution in [2.45, 2.75) is 23.9 Å². The van der Waals surface area contributed by atoms with Crippen LogP contribution >= 0.6 is 11.8 Å². The lowest BCUT2D eigenvalue weighted by molar-refractivity contribution is -0.122. The summed E-state index contributed by atoms with van der Waals surface area (Å²) >= 11 is 1.38. The van der Waals surface area contributed by atoms with Gasteiger partial charge in [0.2, 0.25) is 0 Å². The average Bonchev–Trinajstić information content (AvgIpc) is 2.65. The number of rotatable bonds is 4. The number of hydrogen-bond donors (Lipinski definition) is 2. The minimum absolute atomic E-state index is 0.0736. The van der Waals surface area contributed by atoms with Gasteiger partial charge in [-0.3, -0.25) is 9.59 Å². The van der Waals surface area contributed by atoms with Crippen molar-refractivity contribution in [3.8, 4) is 0 Å². The lowest BCUT2D eigenvalue weighted by Crippen LogP contribution is -2.38. The van der Waals surface area contributed by atoms with E-state index in [-0.39, 0.29) is 17.2 Å². The quantitative estimate of drug-likeness (QED) is 0.479. The minimum atomic E-state index is -0.490. The standard InChI is InChI=1S/C20H18FN3O2S/c1-2-10-27-20-23-18-17(19(26)24-20)15(11-6-8-12(21)9-7-11)16-13(22-18)4-3-5-14(16)25/h2,4,6-9,15-16H,1,3,5,10H2,(H2,22,23,24,26)/t15-,16-/m1/s1. The average molecular weight is 383 g/mol. The zero-order valence-corrected chi connectivity index (χ0v) is 15.3. The molecule has 0 saturated heterocycles. The SMILES string of the molecule is C=CCSc1nc2c(c(=O)[nH]1)[C@H](c1ccc(F)cc1)[C@H]1C(=O)CCC=C1N2. The van der Waals surface area contributed by atoms with E-state index in [4.69, 9.17) is 0 Å². The van der Waals surface area contributed by atoms with Gasteiger partial charge in [-0.25, -0.2) is 9.37 Å². The summed E-state index contributed by atoms with van der Waals surface area (Å²) in [5.41, 5.74) is 1.63. The molecule has 2 aliphatic rings. The highest BCUT2D eigenvalue weighted by molar-refractivity contribution is 7.99. The molecule has 0 amide bonds. The van der Waals surface area contributed by atoms with Gasteiger partial charge in [-0.05, 0) is 24.1 Å². The molecule has 2 N–H and O–H groups in total. The number of nitrogens with zero attached hydrogens (tertiary/aromatic N) is 1. The number of fused-ring (bicyclic) bond motifs is 2. The van der Waals surface area contributed by atoms with Gasteiger partial charge in [0.15, 0.2) is 5.16 Å². The van der Waals surface area contributed by atoms with Gasteiger partial charge in [0.25, 0.3) is 5.56 Å². The molecule has 4 rings (SSSR count). The molecule has 138 valence electrons. The van der Waals surface area contributed by atoms with Crippen LogP contribution in [-0.4, -0.2) is 21.5 Å².